The third-order valence-electron chi connectivity index (χ3n) is 4.69. The molecule has 0 radical (unpaired) electrons. The van der Waals surface area contributed by atoms with Gasteiger partial charge < -0.3 is 0 Å². The van der Waals surface area contributed by atoms with Crippen LogP contribution in [-0.2, 0) is 6.54 Å². The maximum absolute atomic E-state index is 13.6. The molecule has 1 aromatic heterocycles. The van der Waals surface area contributed by atoms with Crippen molar-refractivity contribution in [1.29, 1.82) is 0 Å². The lowest BCUT2D eigenvalue weighted by Crippen LogP contribution is -2.30. The molecule has 0 spiro atoms. The lowest BCUT2D eigenvalue weighted by Gasteiger charge is -2.20. The van der Waals surface area contributed by atoms with E-state index in [1.54, 1.807) is 16.7 Å². The van der Waals surface area contributed by atoms with Crippen molar-refractivity contribution in [2.24, 2.45) is 0 Å². The van der Waals surface area contributed by atoms with Crippen molar-refractivity contribution in [3.05, 3.63) is 88.4 Å². The van der Waals surface area contributed by atoms with Crippen molar-refractivity contribution in [1.82, 2.24) is 4.98 Å². The first-order chi connectivity index (χ1) is 14.5. The van der Waals surface area contributed by atoms with E-state index in [1.165, 1.54) is 11.3 Å². The maximum atomic E-state index is 13.6. The molecule has 4 rings (SSSR count). The monoisotopic (exact) mass is 452 g/mol. The predicted octanol–water partition coefficient (Wildman–Crippen LogP) is 7.22. The summed E-state index contributed by atoms with van der Waals surface area (Å²) < 4.78 is 0.983. The van der Waals surface area contributed by atoms with Crippen LogP contribution in [0.15, 0.2) is 71.6 Å². The Kier molecular flexibility index (Phi) is 6.42. The van der Waals surface area contributed by atoms with Crippen molar-refractivity contribution in [3.63, 3.8) is 0 Å². The molecule has 30 heavy (non-hydrogen) atoms. The van der Waals surface area contributed by atoms with E-state index in [0.717, 1.165) is 32.0 Å². The smallest absolute Gasteiger partial charge is 0.260 e. The number of hydrogen-bond acceptors (Lipinski definition) is 4. The van der Waals surface area contributed by atoms with E-state index in [-0.39, 0.29) is 5.91 Å². The Bertz CT molecular complexity index is 1190. The number of fused-ring (bicyclic) bond motifs is 1. The Morgan fingerprint density at radius 1 is 1.10 bits per heavy atom. The molecular weight excluding hydrogens is 432 g/mol. The van der Waals surface area contributed by atoms with Gasteiger partial charge in [0.2, 0.25) is 0 Å². The van der Waals surface area contributed by atoms with Gasteiger partial charge in [0.15, 0.2) is 5.13 Å². The third kappa shape index (κ3) is 4.53. The average molecular weight is 453 g/mol. The van der Waals surface area contributed by atoms with Gasteiger partial charge in [-0.05, 0) is 54.1 Å². The molecule has 0 aliphatic rings. The van der Waals surface area contributed by atoms with Gasteiger partial charge in [-0.1, -0.05) is 66.3 Å². The van der Waals surface area contributed by atoms with Crippen LogP contribution in [0.25, 0.3) is 10.2 Å². The van der Waals surface area contributed by atoms with E-state index < -0.39 is 0 Å². The van der Waals surface area contributed by atoms with Gasteiger partial charge in [0.25, 0.3) is 5.91 Å². The van der Waals surface area contributed by atoms with Gasteiger partial charge in [-0.2, -0.15) is 0 Å². The van der Waals surface area contributed by atoms with E-state index in [0.29, 0.717) is 22.3 Å². The third-order valence-corrected chi connectivity index (χ3v) is 6.81. The molecule has 3 nitrogen and oxygen atoms in total. The normalized spacial score (nSPS) is 11.0. The van der Waals surface area contributed by atoms with Crippen molar-refractivity contribution in [2.75, 3.05) is 10.7 Å². The van der Waals surface area contributed by atoms with Gasteiger partial charge in [0.05, 0.1) is 16.8 Å². The molecule has 0 unspecified atom stereocenters. The van der Waals surface area contributed by atoms with E-state index in [2.05, 4.69) is 6.92 Å². The number of hydrogen-bond donors (Lipinski definition) is 0. The molecule has 1 heterocycles. The molecule has 6 heteroatoms. The molecule has 0 saturated heterocycles. The number of anilines is 1. The zero-order chi connectivity index (χ0) is 21.1. The Hall–Kier alpha value is -2.34. The van der Waals surface area contributed by atoms with Crippen molar-refractivity contribution in [3.8, 4) is 0 Å². The quantitative estimate of drug-likeness (QED) is 0.289. The topological polar surface area (TPSA) is 33.2 Å². The summed E-state index contributed by atoms with van der Waals surface area (Å²) in [6.07, 6.45) is 0. The van der Waals surface area contributed by atoms with Crippen LogP contribution in [0.3, 0.4) is 0 Å². The highest BCUT2D eigenvalue weighted by atomic mass is 35.5. The number of aromatic nitrogens is 1. The minimum Gasteiger partial charge on any atom is -0.279 e. The van der Waals surface area contributed by atoms with E-state index >= 15 is 0 Å². The number of aryl methyl sites for hydroxylation is 1. The molecular formula is C24H21ClN2OS2. The van der Waals surface area contributed by atoms with Gasteiger partial charge >= 0.3 is 0 Å². The second-order valence-electron chi connectivity index (χ2n) is 6.90. The van der Waals surface area contributed by atoms with E-state index in [1.807, 2.05) is 73.7 Å². The highest BCUT2D eigenvalue weighted by Crippen LogP contribution is 2.34. The second kappa shape index (κ2) is 9.21. The van der Waals surface area contributed by atoms with Crippen LogP contribution in [0.2, 0.25) is 5.02 Å². The minimum absolute atomic E-state index is 0.0554. The molecule has 3 aromatic carbocycles. The standard InChI is InChI=1S/C24H21ClN2OS2/c1-3-29-20-11-7-10-18(13-20)23(28)27(15-17-8-5-4-6-9-17)24-26-22-16(2)12-19(25)14-21(22)30-24/h4-14H,3,15H2,1-2H3. The number of rotatable bonds is 6. The summed E-state index contributed by atoms with van der Waals surface area (Å²) >= 11 is 9.47. The molecule has 4 aromatic rings. The summed E-state index contributed by atoms with van der Waals surface area (Å²) in [7, 11) is 0. The number of amides is 1. The highest BCUT2D eigenvalue weighted by molar-refractivity contribution is 7.99. The summed E-state index contributed by atoms with van der Waals surface area (Å²) in [6.45, 7) is 4.55. The van der Waals surface area contributed by atoms with Crippen molar-refractivity contribution >= 4 is 56.0 Å². The molecule has 152 valence electrons. The fourth-order valence-corrected chi connectivity index (χ4v) is 5.43. The zero-order valence-corrected chi connectivity index (χ0v) is 19.2. The van der Waals surface area contributed by atoms with Crippen LogP contribution in [0, 0.1) is 6.92 Å². The summed E-state index contributed by atoms with van der Waals surface area (Å²) in [6, 6.07) is 21.6. The molecule has 0 N–H and O–H groups in total. The summed E-state index contributed by atoms with van der Waals surface area (Å²) in [5.74, 6) is 0.906. The van der Waals surface area contributed by atoms with Gasteiger partial charge in [-0.15, -0.1) is 11.8 Å². The fraction of sp³-hybridized carbons (Fsp3) is 0.167. The number of nitrogens with zero attached hydrogens (tertiary/aromatic N) is 2. The first-order valence-corrected chi connectivity index (χ1v) is 11.9. The van der Waals surface area contributed by atoms with Gasteiger partial charge in [0, 0.05) is 15.5 Å². The second-order valence-corrected chi connectivity index (χ2v) is 9.69. The molecule has 0 atom stereocenters. The van der Waals surface area contributed by atoms with Crippen LogP contribution in [0.1, 0.15) is 28.4 Å². The Labute approximate surface area is 189 Å². The van der Waals surface area contributed by atoms with Gasteiger partial charge in [-0.25, -0.2) is 4.98 Å². The molecule has 0 saturated carbocycles. The molecule has 0 bridgehead atoms. The fourth-order valence-electron chi connectivity index (χ4n) is 3.29. The van der Waals surface area contributed by atoms with Crippen LogP contribution < -0.4 is 4.90 Å². The Balaban J connectivity index is 1.77. The molecule has 0 aliphatic heterocycles. The first kappa shape index (κ1) is 20.9. The minimum atomic E-state index is -0.0554. The van der Waals surface area contributed by atoms with E-state index in [9.17, 15) is 4.79 Å². The molecule has 0 aliphatic carbocycles. The lowest BCUT2D eigenvalue weighted by molar-refractivity contribution is 0.0985. The molecule has 0 fully saturated rings. The Morgan fingerprint density at radius 2 is 1.90 bits per heavy atom. The number of carbonyl (C=O) groups excluding carboxylic acids is 1. The first-order valence-electron chi connectivity index (χ1n) is 9.70. The van der Waals surface area contributed by atoms with Gasteiger partial charge in [0.1, 0.15) is 0 Å². The van der Waals surface area contributed by atoms with Crippen LogP contribution in [0.4, 0.5) is 5.13 Å². The number of thiazole rings is 1. The van der Waals surface area contributed by atoms with Gasteiger partial charge in [-0.3, -0.25) is 9.69 Å². The van der Waals surface area contributed by atoms with Crippen molar-refractivity contribution < 1.29 is 4.79 Å². The zero-order valence-electron chi connectivity index (χ0n) is 16.8. The SMILES string of the molecule is CCSc1cccc(C(=O)N(Cc2ccccc2)c2nc3c(C)cc(Cl)cc3s2)c1. The summed E-state index contributed by atoms with van der Waals surface area (Å²) in [5, 5.41) is 1.36. The highest BCUT2D eigenvalue weighted by Gasteiger charge is 2.22. The Morgan fingerprint density at radius 3 is 2.67 bits per heavy atom. The predicted molar refractivity (Wildman–Crippen MR) is 129 cm³/mol. The average Bonchev–Trinajstić information content (AvgIpc) is 3.17. The number of carbonyl (C=O) groups is 1. The summed E-state index contributed by atoms with van der Waals surface area (Å²) in [5.41, 5.74) is 3.62. The lowest BCUT2D eigenvalue weighted by atomic mass is 10.1. The van der Waals surface area contributed by atoms with Crippen LogP contribution >= 0.6 is 34.7 Å². The van der Waals surface area contributed by atoms with E-state index in [4.69, 9.17) is 16.6 Å². The number of thioether (sulfide) groups is 1. The largest absolute Gasteiger partial charge is 0.279 e. The van der Waals surface area contributed by atoms with Crippen LogP contribution in [0.5, 0.6) is 0 Å². The number of halogens is 1. The summed E-state index contributed by atoms with van der Waals surface area (Å²) in [4.78, 5) is 21.3. The number of benzene rings is 3. The van der Waals surface area contributed by atoms with Crippen molar-refractivity contribution in [2.45, 2.75) is 25.3 Å². The maximum Gasteiger partial charge on any atom is 0.260 e. The molecule has 1 amide bonds. The van der Waals surface area contributed by atoms with Crippen LogP contribution in [-0.4, -0.2) is 16.6 Å².